The Morgan fingerprint density at radius 1 is 1.47 bits per heavy atom. The van der Waals surface area contributed by atoms with Crippen molar-refractivity contribution in [2.24, 2.45) is 0 Å². The molecule has 0 fully saturated rings. The minimum atomic E-state index is -0.798. The van der Waals surface area contributed by atoms with Crippen LogP contribution >= 0.6 is 0 Å². The van der Waals surface area contributed by atoms with Crippen LogP contribution in [0.2, 0.25) is 0 Å². The van der Waals surface area contributed by atoms with Crippen LogP contribution in [0.4, 0.5) is 5.69 Å². The molecule has 106 valence electrons. The van der Waals surface area contributed by atoms with Crippen molar-refractivity contribution in [1.29, 1.82) is 0 Å². The highest BCUT2D eigenvalue weighted by molar-refractivity contribution is 5.48. The van der Waals surface area contributed by atoms with E-state index in [2.05, 4.69) is 0 Å². The molecule has 0 aliphatic rings. The topological polar surface area (TPSA) is 75.8 Å². The predicted octanol–water partition coefficient (Wildman–Crippen LogP) is 1.81. The number of hydrogen-bond donors (Lipinski definition) is 1. The van der Waals surface area contributed by atoms with E-state index in [1.165, 1.54) is 13.2 Å². The SMILES string of the molecule is COc1ccc(CN(C)CC(C)(C)O)cc1[N+](=O)[O-]. The van der Waals surface area contributed by atoms with Gasteiger partial charge in [-0.05, 0) is 32.5 Å². The van der Waals surface area contributed by atoms with Crippen LogP contribution in [0.3, 0.4) is 0 Å². The number of ether oxygens (including phenoxy) is 1. The summed E-state index contributed by atoms with van der Waals surface area (Å²) in [6, 6.07) is 4.87. The maximum Gasteiger partial charge on any atom is 0.311 e. The fourth-order valence-electron chi connectivity index (χ4n) is 2.00. The number of rotatable bonds is 6. The standard InChI is InChI=1S/C13H20N2O4/c1-13(2,16)9-14(3)8-10-5-6-12(19-4)11(7-10)15(17)18/h5-7,16H,8-9H2,1-4H3. The molecule has 1 N–H and O–H groups in total. The molecule has 1 aromatic rings. The molecule has 0 saturated carbocycles. The van der Waals surface area contributed by atoms with Crippen LogP contribution in [-0.2, 0) is 6.54 Å². The molecule has 0 saturated heterocycles. The highest BCUT2D eigenvalue weighted by Gasteiger charge is 2.18. The molecule has 6 heteroatoms. The Hall–Kier alpha value is -1.66. The quantitative estimate of drug-likeness (QED) is 0.629. The molecule has 0 spiro atoms. The number of aliphatic hydroxyl groups is 1. The van der Waals surface area contributed by atoms with E-state index in [4.69, 9.17) is 4.74 Å². The van der Waals surface area contributed by atoms with Gasteiger partial charge in [-0.15, -0.1) is 0 Å². The summed E-state index contributed by atoms with van der Waals surface area (Å²) >= 11 is 0. The Morgan fingerprint density at radius 2 is 2.11 bits per heavy atom. The van der Waals surface area contributed by atoms with Gasteiger partial charge in [-0.25, -0.2) is 0 Å². The molecule has 0 aromatic heterocycles. The summed E-state index contributed by atoms with van der Waals surface area (Å²) < 4.78 is 4.95. The Morgan fingerprint density at radius 3 is 2.58 bits per heavy atom. The van der Waals surface area contributed by atoms with Crippen LogP contribution in [0.25, 0.3) is 0 Å². The van der Waals surface area contributed by atoms with Crippen molar-refractivity contribution in [3.05, 3.63) is 33.9 Å². The second-order valence-electron chi connectivity index (χ2n) is 5.25. The highest BCUT2D eigenvalue weighted by Crippen LogP contribution is 2.27. The van der Waals surface area contributed by atoms with Gasteiger partial charge in [-0.2, -0.15) is 0 Å². The van der Waals surface area contributed by atoms with Gasteiger partial charge >= 0.3 is 5.69 Å². The van der Waals surface area contributed by atoms with E-state index >= 15 is 0 Å². The van der Waals surface area contributed by atoms with Crippen LogP contribution in [-0.4, -0.2) is 41.2 Å². The van der Waals surface area contributed by atoms with Gasteiger partial charge in [-0.3, -0.25) is 15.0 Å². The van der Waals surface area contributed by atoms with Crippen molar-refractivity contribution >= 4 is 5.69 Å². The Labute approximate surface area is 112 Å². The van der Waals surface area contributed by atoms with E-state index in [1.54, 1.807) is 26.0 Å². The molecule has 0 amide bonds. The first-order valence-corrected chi connectivity index (χ1v) is 5.95. The predicted molar refractivity (Wildman–Crippen MR) is 72.3 cm³/mol. The van der Waals surface area contributed by atoms with Gasteiger partial charge in [0.25, 0.3) is 0 Å². The van der Waals surface area contributed by atoms with Gasteiger partial charge < -0.3 is 9.84 Å². The minimum absolute atomic E-state index is 0.0448. The Kier molecular flexibility index (Phi) is 4.85. The Balaban J connectivity index is 2.85. The lowest BCUT2D eigenvalue weighted by Crippen LogP contribution is -2.35. The fraction of sp³-hybridized carbons (Fsp3) is 0.538. The fourth-order valence-corrected chi connectivity index (χ4v) is 2.00. The monoisotopic (exact) mass is 268 g/mol. The molecule has 0 aliphatic heterocycles. The normalized spacial score (nSPS) is 11.7. The number of nitro groups is 1. The van der Waals surface area contributed by atoms with E-state index in [0.717, 1.165) is 5.56 Å². The van der Waals surface area contributed by atoms with E-state index in [9.17, 15) is 15.2 Å². The lowest BCUT2D eigenvalue weighted by molar-refractivity contribution is -0.385. The van der Waals surface area contributed by atoms with E-state index in [0.29, 0.717) is 13.1 Å². The summed E-state index contributed by atoms with van der Waals surface area (Å²) in [5.74, 6) is 0.249. The first-order valence-electron chi connectivity index (χ1n) is 5.95. The third kappa shape index (κ3) is 4.84. The lowest BCUT2D eigenvalue weighted by Gasteiger charge is -2.25. The molecule has 6 nitrogen and oxygen atoms in total. The van der Waals surface area contributed by atoms with Gasteiger partial charge in [-0.1, -0.05) is 6.07 Å². The summed E-state index contributed by atoms with van der Waals surface area (Å²) in [6.07, 6.45) is 0. The summed E-state index contributed by atoms with van der Waals surface area (Å²) in [7, 11) is 3.26. The highest BCUT2D eigenvalue weighted by atomic mass is 16.6. The Bertz CT molecular complexity index is 454. The first-order chi connectivity index (χ1) is 8.73. The molecule has 0 unspecified atom stereocenters. The second-order valence-corrected chi connectivity index (χ2v) is 5.25. The molecule has 0 atom stereocenters. The summed E-state index contributed by atoms with van der Waals surface area (Å²) in [5.41, 5.74) is -0.0384. The van der Waals surface area contributed by atoms with Gasteiger partial charge in [0.1, 0.15) is 0 Å². The van der Waals surface area contributed by atoms with Crippen LogP contribution in [0.1, 0.15) is 19.4 Å². The van der Waals surface area contributed by atoms with Crippen molar-refractivity contribution in [1.82, 2.24) is 4.90 Å². The van der Waals surface area contributed by atoms with Crippen molar-refractivity contribution in [2.75, 3.05) is 20.7 Å². The van der Waals surface area contributed by atoms with Crippen LogP contribution in [0.15, 0.2) is 18.2 Å². The lowest BCUT2D eigenvalue weighted by atomic mass is 10.1. The van der Waals surface area contributed by atoms with Crippen molar-refractivity contribution in [2.45, 2.75) is 26.0 Å². The molecule has 1 rings (SSSR count). The summed E-state index contributed by atoms with van der Waals surface area (Å²) in [4.78, 5) is 12.4. The molecule has 1 aromatic carbocycles. The second kappa shape index (κ2) is 5.99. The number of nitro benzene ring substituents is 1. The number of likely N-dealkylation sites (N-methyl/N-ethyl adjacent to an activating group) is 1. The number of hydrogen-bond acceptors (Lipinski definition) is 5. The van der Waals surface area contributed by atoms with Crippen LogP contribution < -0.4 is 4.74 Å². The minimum Gasteiger partial charge on any atom is -0.490 e. The van der Waals surface area contributed by atoms with E-state index in [1.807, 2.05) is 11.9 Å². The third-order valence-electron chi connectivity index (χ3n) is 2.55. The molecular weight excluding hydrogens is 248 g/mol. The number of nitrogens with zero attached hydrogens (tertiary/aromatic N) is 2. The summed E-state index contributed by atoms with van der Waals surface area (Å²) in [6.45, 7) is 4.45. The molecule has 0 aliphatic carbocycles. The molecule has 0 bridgehead atoms. The molecular formula is C13H20N2O4. The third-order valence-corrected chi connectivity index (χ3v) is 2.55. The average Bonchev–Trinajstić information content (AvgIpc) is 2.26. The van der Waals surface area contributed by atoms with Crippen molar-refractivity contribution in [3.8, 4) is 5.75 Å². The number of methoxy groups -OCH3 is 1. The average molecular weight is 268 g/mol. The van der Waals surface area contributed by atoms with Gasteiger partial charge in [0.2, 0.25) is 0 Å². The van der Waals surface area contributed by atoms with E-state index in [-0.39, 0.29) is 11.4 Å². The zero-order valence-electron chi connectivity index (χ0n) is 11.7. The molecule has 0 heterocycles. The smallest absolute Gasteiger partial charge is 0.311 e. The van der Waals surface area contributed by atoms with Gasteiger partial charge in [0, 0.05) is 19.2 Å². The maximum absolute atomic E-state index is 10.9. The van der Waals surface area contributed by atoms with Crippen molar-refractivity contribution in [3.63, 3.8) is 0 Å². The van der Waals surface area contributed by atoms with Crippen LogP contribution in [0, 0.1) is 10.1 Å². The first kappa shape index (κ1) is 15.4. The zero-order chi connectivity index (χ0) is 14.6. The molecule has 19 heavy (non-hydrogen) atoms. The van der Waals surface area contributed by atoms with Gasteiger partial charge in [0.05, 0.1) is 17.6 Å². The van der Waals surface area contributed by atoms with Crippen LogP contribution in [0.5, 0.6) is 5.75 Å². The summed E-state index contributed by atoms with van der Waals surface area (Å²) in [5, 5.41) is 20.6. The van der Waals surface area contributed by atoms with Crippen molar-refractivity contribution < 1.29 is 14.8 Å². The van der Waals surface area contributed by atoms with E-state index < -0.39 is 10.5 Å². The van der Waals surface area contributed by atoms with Gasteiger partial charge in [0.15, 0.2) is 5.75 Å². The zero-order valence-corrected chi connectivity index (χ0v) is 11.7. The maximum atomic E-state index is 10.9. The number of benzene rings is 1. The largest absolute Gasteiger partial charge is 0.490 e. The molecule has 0 radical (unpaired) electrons.